The Hall–Kier alpha value is -0.0800. The second-order valence-corrected chi connectivity index (χ2v) is 5.22. The quantitative estimate of drug-likeness (QED) is 0.669. The molecular formula is C11H24N2. The van der Waals surface area contributed by atoms with E-state index < -0.39 is 0 Å². The first-order valence-electron chi connectivity index (χ1n) is 5.39. The van der Waals surface area contributed by atoms with Crippen molar-refractivity contribution in [3.63, 3.8) is 0 Å². The summed E-state index contributed by atoms with van der Waals surface area (Å²) in [6.07, 6.45) is 2.58. The minimum absolute atomic E-state index is 0.331. The van der Waals surface area contributed by atoms with Gasteiger partial charge in [-0.05, 0) is 47.6 Å². The molecule has 1 saturated heterocycles. The van der Waals surface area contributed by atoms with Gasteiger partial charge in [0.25, 0.3) is 0 Å². The Labute approximate surface area is 82.7 Å². The summed E-state index contributed by atoms with van der Waals surface area (Å²) in [5, 5.41) is 3.38. The van der Waals surface area contributed by atoms with Crippen molar-refractivity contribution in [3.05, 3.63) is 0 Å². The maximum absolute atomic E-state index is 3.38. The second kappa shape index (κ2) is 3.97. The number of nitrogens with zero attached hydrogens (tertiary/aromatic N) is 1. The average molecular weight is 184 g/mol. The first-order chi connectivity index (χ1) is 5.95. The highest BCUT2D eigenvalue weighted by Crippen LogP contribution is 2.25. The molecule has 2 nitrogen and oxygen atoms in total. The highest BCUT2D eigenvalue weighted by molar-refractivity contribution is 4.88. The van der Waals surface area contributed by atoms with Gasteiger partial charge < -0.3 is 5.32 Å². The molecule has 0 aliphatic carbocycles. The second-order valence-electron chi connectivity index (χ2n) is 5.22. The zero-order valence-corrected chi connectivity index (χ0v) is 9.72. The fourth-order valence-electron chi connectivity index (χ4n) is 2.43. The molecule has 1 rings (SSSR count). The number of rotatable bonds is 1. The van der Waals surface area contributed by atoms with Crippen molar-refractivity contribution in [2.45, 2.75) is 58.2 Å². The molecule has 1 heterocycles. The van der Waals surface area contributed by atoms with E-state index in [-0.39, 0.29) is 0 Å². The van der Waals surface area contributed by atoms with E-state index in [4.69, 9.17) is 0 Å². The lowest BCUT2D eigenvalue weighted by Gasteiger charge is -2.45. The van der Waals surface area contributed by atoms with Gasteiger partial charge in [-0.25, -0.2) is 0 Å². The van der Waals surface area contributed by atoms with E-state index in [9.17, 15) is 0 Å². The maximum Gasteiger partial charge on any atom is 0.0127 e. The molecule has 1 fully saturated rings. The van der Waals surface area contributed by atoms with E-state index in [1.807, 2.05) is 0 Å². The van der Waals surface area contributed by atoms with Gasteiger partial charge in [0.05, 0.1) is 0 Å². The molecule has 78 valence electrons. The van der Waals surface area contributed by atoms with E-state index in [1.54, 1.807) is 0 Å². The lowest BCUT2D eigenvalue weighted by molar-refractivity contribution is 0.0491. The van der Waals surface area contributed by atoms with Gasteiger partial charge in [0.1, 0.15) is 0 Å². The number of hydrogen-bond acceptors (Lipinski definition) is 2. The lowest BCUT2D eigenvalue weighted by atomic mass is 9.93. The molecule has 1 N–H and O–H groups in total. The van der Waals surface area contributed by atoms with Crippen molar-refractivity contribution in [3.8, 4) is 0 Å². The largest absolute Gasteiger partial charge is 0.317 e. The van der Waals surface area contributed by atoms with Crippen LogP contribution in [0.15, 0.2) is 0 Å². The summed E-state index contributed by atoms with van der Waals surface area (Å²) in [5.74, 6) is 0. The first kappa shape index (κ1) is 11.0. The van der Waals surface area contributed by atoms with Gasteiger partial charge in [0, 0.05) is 24.2 Å². The Balaban J connectivity index is 2.53. The molecule has 0 saturated carbocycles. The molecule has 2 unspecified atom stereocenters. The average Bonchev–Trinajstić information content (AvgIpc) is 2.01. The van der Waals surface area contributed by atoms with Crippen LogP contribution in [0, 0.1) is 0 Å². The molecule has 1 aliphatic rings. The molecule has 0 aromatic rings. The number of nitrogens with one attached hydrogen (secondary N) is 1. The van der Waals surface area contributed by atoms with Gasteiger partial charge in [-0.1, -0.05) is 0 Å². The molecule has 0 aromatic heterocycles. The van der Waals surface area contributed by atoms with E-state index in [1.165, 1.54) is 19.4 Å². The number of hydrogen-bond donors (Lipinski definition) is 1. The van der Waals surface area contributed by atoms with E-state index in [2.05, 4.69) is 45.0 Å². The number of piperidine rings is 1. The summed E-state index contributed by atoms with van der Waals surface area (Å²) in [5.41, 5.74) is 0.331. The zero-order valence-electron chi connectivity index (χ0n) is 9.72. The van der Waals surface area contributed by atoms with Crippen molar-refractivity contribution < 1.29 is 0 Å². The summed E-state index contributed by atoms with van der Waals surface area (Å²) in [6.45, 7) is 10.5. The van der Waals surface area contributed by atoms with Crippen LogP contribution < -0.4 is 5.32 Å². The molecular weight excluding hydrogens is 160 g/mol. The van der Waals surface area contributed by atoms with Crippen LogP contribution in [-0.4, -0.2) is 36.1 Å². The topological polar surface area (TPSA) is 15.3 Å². The fraction of sp³-hybridized carbons (Fsp3) is 1.00. The molecule has 1 aliphatic heterocycles. The zero-order chi connectivity index (χ0) is 10.1. The molecule has 13 heavy (non-hydrogen) atoms. The van der Waals surface area contributed by atoms with Gasteiger partial charge >= 0.3 is 0 Å². The van der Waals surface area contributed by atoms with Crippen LogP contribution in [0.4, 0.5) is 0 Å². The standard InChI is InChI=1S/C11H24N2/c1-9-8-10(12-5)6-7-13(9)11(2,3)4/h9-10,12H,6-8H2,1-5H3. The van der Waals surface area contributed by atoms with Crippen molar-refractivity contribution in [1.82, 2.24) is 10.2 Å². The summed E-state index contributed by atoms with van der Waals surface area (Å²) >= 11 is 0. The molecule has 0 amide bonds. The smallest absolute Gasteiger partial charge is 0.0127 e. The molecule has 2 heteroatoms. The van der Waals surface area contributed by atoms with Gasteiger partial charge in [0.15, 0.2) is 0 Å². The SMILES string of the molecule is CNC1CCN(C(C)(C)C)C(C)C1. The van der Waals surface area contributed by atoms with Crippen LogP contribution in [-0.2, 0) is 0 Å². The van der Waals surface area contributed by atoms with E-state index in [0.29, 0.717) is 11.6 Å². The third kappa shape index (κ3) is 2.68. The van der Waals surface area contributed by atoms with Crippen LogP contribution in [0.2, 0.25) is 0 Å². The van der Waals surface area contributed by atoms with Crippen molar-refractivity contribution >= 4 is 0 Å². The van der Waals surface area contributed by atoms with E-state index in [0.717, 1.165) is 6.04 Å². The predicted octanol–water partition coefficient (Wildman–Crippen LogP) is 1.86. The molecule has 0 bridgehead atoms. The van der Waals surface area contributed by atoms with Gasteiger partial charge in [-0.3, -0.25) is 4.90 Å². The van der Waals surface area contributed by atoms with Crippen molar-refractivity contribution in [2.75, 3.05) is 13.6 Å². The van der Waals surface area contributed by atoms with Crippen molar-refractivity contribution in [2.24, 2.45) is 0 Å². The number of likely N-dealkylation sites (tertiary alicyclic amines) is 1. The molecule has 2 atom stereocenters. The minimum Gasteiger partial charge on any atom is -0.317 e. The summed E-state index contributed by atoms with van der Waals surface area (Å²) in [6, 6.07) is 1.44. The first-order valence-corrected chi connectivity index (χ1v) is 5.39. The minimum atomic E-state index is 0.331. The van der Waals surface area contributed by atoms with Crippen LogP contribution in [0.3, 0.4) is 0 Å². The Morgan fingerprint density at radius 2 is 1.92 bits per heavy atom. The predicted molar refractivity (Wildman–Crippen MR) is 58.0 cm³/mol. The van der Waals surface area contributed by atoms with Crippen LogP contribution in [0.5, 0.6) is 0 Å². The van der Waals surface area contributed by atoms with Gasteiger partial charge in [0.2, 0.25) is 0 Å². The Morgan fingerprint density at radius 1 is 1.31 bits per heavy atom. The summed E-state index contributed by atoms with van der Waals surface area (Å²) in [4.78, 5) is 2.61. The van der Waals surface area contributed by atoms with Crippen LogP contribution >= 0.6 is 0 Å². The highest BCUT2D eigenvalue weighted by atomic mass is 15.2. The Kier molecular flexibility index (Phi) is 3.36. The third-order valence-electron chi connectivity index (χ3n) is 3.15. The van der Waals surface area contributed by atoms with Crippen molar-refractivity contribution in [1.29, 1.82) is 0 Å². The summed E-state index contributed by atoms with van der Waals surface area (Å²) in [7, 11) is 2.07. The Bertz CT molecular complexity index is 160. The molecule has 0 radical (unpaired) electrons. The fourth-order valence-corrected chi connectivity index (χ4v) is 2.43. The van der Waals surface area contributed by atoms with Gasteiger partial charge in [-0.15, -0.1) is 0 Å². The monoisotopic (exact) mass is 184 g/mol. The normalized spacial score (nSPS) is 32.1. The van der Waals surface area contributed by atoms with Gasteiger partial charge in [-0.2, -0.15) is 0 Å². The van der Waals surface area contributed by atoms with E-state index >= 15 is 0 Å². The maximum atomic E-state index is 3.38. The third-order valence-corrected chi connectivity index (χ3v) is 3.15. The Morgan fingerprint density at radius 3 is 2.31 bits per heavy atom. The summed E-state index contributed by atoms with van der Waals surface area (Å²) < 4.78 is 0. The lowest BCUT2D eigenvalue weighted by Crippen LogP contribution is -2.54. The van der Waals surface area contributed by atoms with Crippen LogP contribution in [0.25, 0.3) is 0 Å². The molecule has 0 spiro atoms. The molecule has 0 aromatic carbocycles. The highest BCUT2D eigenvalue weighted by Gasteiger charge is 2.31. The van der Waals surface area contributed by atoms with Crippen LogP contribution in [0.1, 0.15) is 40.5 Å².